The van der Waals surface area contributed by atoms with E-state index in [1.165, 1.54) is 12.1 Å². The van der Waals surface area contributed by atoms with Crippen molar-refractivity contribution in [1.29, 1.82) is 0 Å². The number of hydrogen-bond acceptors (Lipinski definition) is 4. The lowest BCUT2D eigenvalue weighted by atomic mass is 10.0. The molecule has 0 spiro atoms. The van der Waals surface area contributed by atoms with Crippen LogP contribution in [0.1, 0.15) is 49.6 Å². The summed E-state index contributed by atoms with van der Waals surface area (Å²) in [6, 6.07) is 6.84. The fourth-order valence-electron chi connectivity index (χ4n) is 3.45. The van der Waals surface area contributed by atoms with Gasteiger partial charge in [0.1, 0.15) is 5.82 Å². The summed E-state index contributed by atoms with van der Waals surface area (Å²) in [5.74, 6) is 1.55. The van der Waals surface area contributed by atoms with Crippen molar-refractivity contribution in [3.8, 4) is 0 Å². The lowest BCUT2D eigenvalue weighted by Crippen LogP contribution is -2.50. The van der Waals surface area contributed by atoms with Crippen LogP contribution in [0.3, 0.4) is 0 Å². The first kappa shape index (κ1) is 24.9. The van der Waals surface area contributed by atoms with Crippen LogP contribution in [0.4, 0.5) is 4.39 Å². The van der Waals surface area contributed by atoms with Gasteiger partial charge in [-0.15, -0.1) is 24.0 Å². The smallest absolute Gasteiger partial charge is 0.191 e. The number of aromatic nitrogens is 1. The van der Waals surface area contributed by atoms with Crippen molar-refractivity contribution in [1.82, 2.24) is 20.7 Å². The fraction of sp³-hybridized carbons (Fsp3) is 0.524. The highest BCUT2D eigenvalue weighted by Crippen LogP contribution is 2.21. The van der Waals surface area contributed by atoms with E-state index in [4.69, 9.17) is 16.1 Å². The van der Waals surface area contributed by atoms with Crippen LogP contribution in [0.15, 0.2) is 33.8 Å². The third-order valence-corrected chi connectivity index (χ3v) is 5.43. The molecule has 0 aliphatic carbocycles. The van der Waals surface area contributed by atoms with Gasteiger partial charge in [0.15, 0.2) is 11.7 Å². The lowest BCUT2D eigenvalue weighted by molar-refractivity contribution is 0.192. The first-order valence-electron chi connectivity index (χ1n) is 10.0. The molecule has 1 saturated heterocycles. The Hall–Kier alpha value is -1.39. The molecule has 1 aromatic carbocycles. The van der Waals surface area contributed by atoms with Crippen LogP contribution in [-0.2, 0) is 13.1 Å². The van der Waals surface area contributed by atoms with Crippen LogP contribution in [0.5, 0.6) is 0 Å². The standard InChI is InChI=1S/C21H29ClFN5O.HI/c1-14(2)20-10-18(29-27-20)11-25-21(24-3)26-17-5-4-8-28(13-17)12-15-6-7-16(23)9-19(15)22;/h6-7,9-10,14,17H,4-5,8,11-13H2,1-3H3,(H2,24,25,26);1H. The van der Waals surface area contributed by atoms with Gasteiger partial charge in [-0.1, -0.05) is 36.7 Å². The molecular weight excluding hydrogens is 520 g/mol. The van der Waals surface area contributed by atoms with E-state index in [-0.39, 0.29) is 35.8 Å². The maximum atomic E-state index is 13.3. The van der Waals surface area contributed by atoms with E-state index in [0.29, 0.717) is 24.0 Å². The van der Waals surface area contributed by atoms with Gasteiger partial charge in [0.05, 0.1) is 12.2 Å². The zero-order valence-corrected chi connectivity index (χ0v) is 20.7. The van der Waals surface area contributed by atoms with Gasteiger partial charge >= 0.3 is 0 Å². The second-order valence-electron chi connectivity index (χ2n) is 7.75. The molecule has 2 aromatic rings. The first-order chi connectivity index (χ1) is 13.9. The maximum absolute atomic E-state index is 13.3. The largest absolute Gasteiger partial charge is 0.359 e. The number of hydrogen-bond donors (Lipinski definition) is 2. The average molecular weight is 550 g/mol. The Kier molecular flexibility index (Phi) is 9.83. The number of guanidine groups is 1. The number of likely N-dealkylation sites (tertiary alicyclic amines) is 1. The van der Waals surface area contributed by atoms with Crippen LogP contribution in [0.2, 0.25) is 5.02 Å². The molecule has 1 aliphatic heterocycles. The zero-order chi connectivity index (χ0) is 20.8. The van der Waals surface area contributed by atoms with Crippen LogP contribution in [0, 0.1) is 5.82 Å². The molecule has 9 heteroatoms. The Balaban J connectivity index is 0.00000320. The van der Waals surface area contributed by atoms with Crippen LogP contribution < -0.4 is 10.6 Å². The van der Waals surface area contributed by atoms with Crippen molar-refractivity contribution in [2.24, 2.45) is 4.99 Å². The van der Waals surface area contributed by atoms with E-state index in [9.17, 15) is 4.39 Å². The first-order valence-corrected chi connectivity index (χ1v) is 10.4. The molecule has 0 radical (unpaired) electrons. The van der Waals surface area contributed by atoms with Crippen molar-refractivity contribution in [3.05, 3.63) is 52.1 Å². The van der Waals surface area contributed by atoms with Gasteiger partial charge in [0.25, 0.3) is 0 Å². The molecule has 3 rings (SSSR count). The molecule has 1 aromatic heterocycles. The normalized spacial score (nSPS) is 17.7. The number of halogens is 3. The Labute approximate surface area is 199 Å². The van der Waals surface area contributed by atoms with E-state index < -0.39 is 0 Å². The zero-order valence-electron chi connectivity index (χ0n) is 17.6. The fourth-order valence-corrected chi connectivity index (χ4v) is 3.68. The molecule has 30 heavy (non-hydrogen) atoms. The highest BCUT2D eigenvalue weighted by atomic mass is 127. The molecule has 2 N–H and O–H groups in total. The molecule has 166 valence electrons. The molecule has 6 nitrogen and oxygen atoms in total. The van der Waals surface area contributed by atoms with Crippen LogP contribution in [0.25, 0.3) is 0 Å². The minimum Gasteiger partial charge on any atom is -0.359 e. The van der Waals surface area contributed by atoms with Gasteiger partial charge in [-0.2, -0.15) is 0 Å². The predicted octanol–water partition coefficient (Wildman–Crippen LogP) is 4.54. The van der Waals surface area contributed by atoms with E-state index in [1.54, 1.807) is 13.1 Å². The van der Waals surface area contributed by atoms with Gasteiger partial charge in [-0.05, 0) is 43.0 Å². The van der Waals surface area contributed by atoms with Crippen LogP contribution in [-0.4, -0.2) is 42.2 Å². The summed E-state index contributed by atoms with van der Waals surface area (Å²) in [5.41, 5.74) is 1.90. The number of benzene rings is 1. The number of rotatable bonds is 6. The summed E-state index contributed by atoms with van der Waals surface area (Å²) < 4.78 is 18.6. The molecule has 1 atom stereocenters. The van der Waals surface area contributed by atoms with E-state index >= 15 is 0 Å². The molecule has 2 heterocycles. The topological polar surface area (TPSA) is 65.7 Å². The van der Waals surface area contributed by atoms with Gasteiger partial charge < -0.3 is 15.2 Å². The second kappa shape index (κ2) is 11.9. The Morgan fingerprint density at radius 1 is 1.40 bits per heavy atom. The Morgan fingerprint density at radius 3 is 2.87 bits per heavy atom. The number of piperidine rings is 1. The van der Waals surface area contributed by atoms with Gasteiger partial charge in [0.2, 0.25) is 0 Å². The van der Waals surface area contributed by atoms with E-state index in [2.05, 4.69) is 39.5 Å². The second-order valence-corrected chi connectivity index (χ2v) is 8.16. The molecule has 1 fully saturated rings. The quantitative estimate of drug-likeness (QED) is 0.315. The van der Waals surface area contributed by atoms with Gasteiger partial charge in [-0.25, -0.2) is 4.39 Å². The summed E-state index contributed by atoms with van der Waals surface area (Å²) in [4.78, 5) is 6.66. The minimum absolute atomic E-state index is 0. The van der Waals surface area contributed by atoms with Gasteiger partial charge in [0, 0.05) is 37.3 Å². The molecule has 0 bridgehead atoms. The Morgan fingerprint density at radius 2 is 2.20 bits per heavy atom. The van der Waals surface area contributed by atoms with Crippen molar-refractivity contribution in [3.63, 3.8) is 0 Å². The third kappa shape index (κ3) is 7.09. The molecular formula is C21H30ClFIN5O. The Bertz CT molecular complexity index is 845. The third-order valence-electron chi connectivity index (χ3n) is 5.08. The van der Waals surface area contributed by atoms with Crippen molar-refractivity contribution in [2.75, 3.05) is 20.1 Å². The van der Waals surface area contributed by atoms with E-state index in [1.807, 2.05) is 6.07 Å². The van der Waals surface area contributed by atoms with E-state index in [0.717, 1.165) is 48.9 Å². The summed E-state index contributed by atoms with van der Waals surface area (Å²) in [6.07, 6.45) is 2.14. The SMILES string of the molecule is CN=C(NCc1cc(C(C)C)no1)NC1CCCN(Cc2ccc(F)cc2Cl)C1.I. The van der Waals surface area contributed by atoms with Crippen molar-refractivity contribution < 1.29 is 8.91 Å². The number of nitrogens with zero attached hydrogens (tertiary/aromatic N) is 3. The lowest BCUT2D eigenvalue weighted by Gasteiger charge is -2.34. The summed E-state index contributed by atoms with van der Waals surface area (Å²) >= 11 is 6.19. The van der Waals surface area contributed by atoms with Crippen molar-refractivity contribution >= 4 is 41.5 Å². The summed E-state index contributed by atoms with van der Waals surface area (Å²) in [6.45, 7) is 7.27. The number of nitrogens with one attached hydrogen (secondary N) is 2. The maximum Gasteiger partial charge on any atom is 0.191 e. The summed E-state index contributed by atoms with van der Waals surface area (Å²) in [5, 5.41) is 11.3. The van der Waals surface area contributed by atoms with Crippen molar-refractivity contribution in [2.45, 2.75) is 51.7 Å². The summed E-state index contributed by atoms with van der Waals surface area (Å²) in [7, 11) is 1.76. The minimum atomic E-state index is -0.306. The highest BCUT2D eigenvalue weighted by molar-refractivity contribution is 14.0. The molecule has 1 aliphatic rings. The predicted molar refractivity (Wildman–Crippen MR) is 129 cm³/mol. The average Bonchev–Trinajstić information content (AvgIpc) is 3.17. The monoisotopic (exact) mass is 549 g/mol. The molecule has 1 unspecified atom stereocenters. The highest BCUT2D eigenvalue weighted by Gasteiger charge is 2.21. The number of aliphatic imine (C=N–C) groups is 1. The van der Waals surface area contributed by atoms with Crippen LogP contribution >= 0.6 is 35.6 Å². The molecule has 0 amide bonds. The molecule has 0 saturated carbocycles. The van der Waals surface area contributed by atoms with Gasteiger partial charge in [-0.3, -0.25) is 9.89 Å².